The standard InChI is InChI=1S/C27H20Br2N2O8/c1-37-24-15(8-32)38-25(23(34)22(24)33)31-14-5-3-10(29)7-12(14)17-19-18(26(35)39-27(19)36)16-11-6-9(28)2-4-13(11)30-20(16)21(17)31/h2-7,15,22-25,30,32-34H,8H2,1H3/t15-,22-,23-,24-,25-/m1/s1. The molecule has 12 heteroatoms. The molecule has 200 valence electrons. The SMILES string of the molecule is CO[C@H]1[C@H](O)[C@@H](O)[C@H](n2c3ccc(Br)cc3c3c4c(c5c6cc(Br)ccc6[nH]c5c32)C(=O)OC4=O)O[C@@H]1CO. The van der Waals surface area contributed by atoms with Gasteiger partial charge >= 0.3 is 11.9 Å². The smallest absolute Gasteiger partial charge is 0.347 e. The number of aliphatic hydroxyl groups excluding tert-OH is 3. The van der Waals surface area contributed by atoms with Crippen molar-refractivity contribution in [3.05, 3.63) is 56.5 Å². The second-order valence-electron chi connectivity index (χ2n) is 9.68. The molecule has 5 aromatic rings. The van der Waals surface area contributed by atoms with Gasteiger partial charge in [-0.15, -0.1) is 0 Å². The lowest BCUT2D eigenvalue weighted by Crippen LogP contribution is -2.57. The number of H-pyrrole nitrogens is 1. The summed E-state index contributed by atoms with van der Waals surface area (Å²) in [6.45, 7) is -0.465. The number of esters is 2. The van der Waals surface area contributed by atoms with Crippen LogP contribution in [0.2, 0.25) is 0 Å². The molecule has 0 amide bonds. The van der Waals surface area contributed by atoms with E-state index >= 15 is 0 Å². The second kappa shape index (κ2) is 8.83. The van der Waals surface area contributed by atoms with Crippen molar-refractivity contribution in [2.45, 2.75) is 30.6 Å². The van der Waals surface area contributed by atoms with Gasteiger partial charge in [0, 0.05) is 43.1 Å². The Morgan fingerprint density at radius 3 is 2.33 bits per heavy atom. The lowest BCUT2D eigenvalue weighted by atomic mass is 9.96. The van der Waals surface area contributed by atoms with Crippen LogP contribution in [0.25, 0.3) is 43.6 Å². The fraction of sp³-hybridized carbons (Fsp3) is 0.259. The molecular formula is C27H20Br2N2O8. The molecule has 1 saturated heterocycles. The second-order valence-corrected chi connectivity index (χ2v) is 11.5. The van der Waals surface area contributed by atoms with Crippen LogP contribution in [0.1, 0.15) is 26.9 Å². The number of nitrogens with one attached hydrogen (secondary N) is 1. The van der Waals surface area contributed by atoms with Gasteiger partial charge in [0.05, 0.1) is 34.3 Å². The maximum atomic E-state index is 13.2. The van der Waals surface area contributed by atoms with E-state index in [1.54, 1.807) is 16.7 Å². The third kappa shape index (κ3) is 3.37. The number of aromatic nitrogens is 2. The van der Waals surface area contributed by atoms with Crippen LogP contribution in [0, 0.1) is 0 Å². The van der Waals surface area contributed by atoms with Gasteiger partial charge in [0.15, 0.2) is 6.23 Å². The van der Waals surface area contributed by atoms with Crippen molar-refractivity contribution in [2.75, 3.05) is 13.7 Å². The van der Waals surface area contributed by atoms with Crippen LogP contribution in [-0.4, -0.2) is 74.9 Å². The van der Waals surface area contributed by atoms with Crippen molar-refractivity contribution >= 4 is 87.4 Å². The van der Waals surface area contributed by atoms with Crippen molar-refractivity contribution < 1.29 is 39.1 Å². The highest BCUT2D eigenvalue weighted by Crippen LogP contribution is 2.47. The zero-order valence-electron chi connectivity index (χ0n) is 20.1. The summed E-state index contributed by atoms with van der Waals surface area (Å²) in [5.41, 5.74) is 2.55. The molecule has 0 bridgehead atoms. The number of rotatable bonds is 3. The van der Waals surface area contributed by atoms with Crippen LogP contribution in [0.4, 0.5) is 0 Å². The molecule has 3 aromatic carbocycles. The first kappa shape index (κ1) is 25.1. The van der Waals surface area contributed by atoms with Gasteiger partial charge in [-0.2, -0.15) is 0 Å². The van der Waals surface area contributed by atoms with E-state index in [4.69, 9.17) is 14.2 Å². The van der Waals surface area contributed by atoms with Gasteiger partial charge in [-0.1, -0.05) is 31.9 Å². The largest absolute Gasteiger partial charge is 0.394 e. The number of benzene rings is 3. The Kier molecular flexibility index (Phi) is 5.69. The Morgan fingerprint density at radius 1 is 0.974 bits per heavy atom. The van der Waals surface area contributed by atoms with Crippen molar-refractivity contribution in [2.24, 2.45) is 0 Å². The Hall–Kier alpha value is -2.84. The van der Waals surface area contributed by atoms with Crippen LogP contribution in [-0.2, 0) is 14.2 Å². The summed E-state index contributed by atoms with van der Waals surface area (Å²) in [5.74, 6) is -1.52. The van der Waals surface area contributed by atoms with E-state index in [1.165, 1.54) is 7.11 Å². The molecule has 0 radical (unpaired) electrons. The Labute approximate surface area is 236 Å². The lowest BCUT2D eigenvalue weighted by Gasteiger charge is -2.42. The summed E-state index contributed by atoms with van der Waals surface area (Å²) in [6, 6.07) is 10.9. The summed E-state index contributed by atoms with van der Waals surface area (Å²) >= 11 is 6.99. The Bertz CT molecular complexity index is 1880. The predicted molar refractivity (Wildman–Crippen MR) is 148 cm³/mol. The van der Waals surface area contributed by atoms with Crippen molar-refractivity contribution in [3.8, 4) is 0 Å². The summed E-state index contributed by atoms with van der Waals surface area (Å²) in [7, 11) is 1.36. The van der Waals surface area contributed by atoms with E-state index in [-0.39, 0.29) is 11.1 Å². The number of carbonyl (C=O) groups is 2. The number of hydrogen-bond donors (Lipinski definition) is 4. The molecule has 7 rings (SSSR count). The highest BCUT2D eigenvalue weighted by Gasteiger charge is 2.47. The van der Waals surface area contributed by atoms with Crippen LogP contribution >= 0.6 is 31.9 Å². The zero-order valence-corrected chi connectivity index (χ0v) is 23.3. The average Bonchev–Trinajstić information content (AvgIpc) is 3.54. The van der Waals surface area contributed by atoms with Crippen molar-refractivity contribution in [1.29, 1.82) is 0 Å². The fourth-order valence-electron chi connectivity index (χ4n) is 6.07. The van der Waals surface area contributed by atoms with Gasteiger partial charge in [-0.3, -0.25) is 0 Å². The minimum Gasteiger partial charge on any atom is -0.394 e. The van der Waals surface area contributed by atoms with Gasteiger partial charge < -0.3 is 39.1 Å². The molecular weight excluding hydrogens is 640 g/mol. The number of carbonyl (C=O) groups excluding carboxylic acids is 2. The zero-order chi connectivity index (χ0) is 27.3. The number of ether oxygens (including phenoxy) is 3. The number of cyclic esters (lactones) is 2. The Morgan fingerprint density at radius 2 is 1.64 bits per heavy atom. The van der Waals surface area contributed by atoms with Gasteiger partial charge in [-0.05, 0) is 36.4 Å². The predicted octanol–water partition coefficient (Wildman–Crippen LogP) is 3.89. The van der Waals surface area contributed by atoms with E-state index in [2.05, 4.69) is 36.8 Å². The number of aliphatic hydroxyl groups is 3. The van der Waals surface area contributed by atoms with Crippen LogP contribution in [0.15, 0.2) is 45.3 Å². The highest BCUT2D eigenvalue weighted by atomic mass is 79.9. The van der Waals surface area contributed by atoms with Gasteiger partial charge in [0.25, 0.3) is 0 Å². The normalized spacial score (nSPS) is 25.3. The number of nitrogens with zero attached hydrogens (tertiary/aromatic N) is 1. The van der Waals surface area contributed by atoms with E-state index in [0.717, 1.165) is 8.95 Å². The lowest BCUT2D eigenvalue weighted by molar-refractivity contribution is -0.255. The minimum absolute atomic E-state index is 0.115. The molecule has 39 heavy (non-hydrogen) atoms. The minimum atomic E-state index is -1.46. The molecule has 2 aliphatic rings. The molecule has 0 unspecified atom stereocenters. The van der Waals surface area contributed by atoms with Gasteiger partial charge in [-0.25, -0.2) is 9.59 Å². The molecule has 2 aliphatic heterocycles. The van der Waals surface area contributed by atoms with Crippen molar-refractivity contribution in [3.63, 3.8) is 0 Å². The molecule has 0 spiro atoms. The molecule has 1 fully saturated rings. The molecule has 0 saturated carbocycles. The summed E-state index contributed by atoms with van der Waals surface area (Å²) in [6.07, 6.45) is -5.95. The maximum absolute atomic E-state index is 13.2. The third-order valence-electron chi connectivity index (χ3n) is 7.67. The molecule has 5 atom stereocenters. The first-order chi connectivity index (χ1) is 18.7. The topological polar surface area (TPSA) is 143 Å². The molecule has 10 nitrogen and oxygen atoms in total. The van der Waals surface area contributed by atoms with E-state index < -0.39 is 49.2 Å². The molecule has 4 N–H and O–H groups in total. The number of halogens is 2. The number of hydrogen-bond acceptors (Lipinski definition) is 8. The van der Waals surface area contributed by atoms with E-state index in [9.17, 15) is 24.9 Å². The Balaban J connectivity index is 1.69. The van der Waals surface area contributed by atoms with Gasteiger partial charge in [0.2, 0.25) is 0 Å². The maximum Gasteiger partial charge on any atom is 0.347 e. The van der Waals surface area contributed by atoms with Crippen LogP contribution < -0.4 is 0 Å². The van der Waals surface area contributed by atoms with Crippen LogP contribution in [0.3, 0.4) is 0 Å². The fourth-order valence-corrected chi connectivity index (χ4v) is 6.79. The number of fused-ring (bicyclic) bond motifs is 10. The summed E-state index contributed by atoms with van der Waals surface area (Å²) < 4.78 is 19.8. The molecule has 0 aliphatic carbocycles. The average molecular weight is 660 g/mol. The van der Waals surface area contributed by atoms with Crippen LogP contribution in [0.5, 0.6) is 0 Å². The number of aromatic amines is 1. The first-order valence-corrected chi connectivity index (χ1v) is 13.7. The monoisotopic (exact) mass is 658 g/mol. The molecule has 4 heterocycles. The van der Waals surface area contributed by atoms with Gasteiger partial charge in [0.1, 0.15) is 24.4 Å². The van der Waals surface area contributed by atoms with E-state index in [0.29, 0.717) is 43.6 Å². The number of methoxy groups -OCH3 is 1. The van der Waals surface area contributed by atoms with E-state index in [1.807, 2.05) is 24.3 Å². The quantitative estimate of drug-likeness (QED) is 0.169. The third-order valence-corrected chi connectivity index (χ3v) is 8.66. The first-order valence-electron chi connectivity index (χ1n) is 12.1. The molecule has 2 aromatic heterocycles. The summed E-state index contributed by atoms with van der Waals surface area (Å²) in [4.78, 5) is 29.7. The highest BCUT2D eigenvalue weighted by molar-refractivity contribution is 9.10. The van der Waals surface area contributed by atoms with Crippen molar-refractivity contribution in [1.82, 2.24) is 9.55 Å². The summed E-state index contributed by atoms with van der Waals surface area (Å²) in [5, 5.41) is 34.5.